The van der Waals surface area contributed by atoms with Crippen LogP contribution in [-0.4, -0.2) is 27.8 Å². The molecule has 0 saturated heterocycles. The molecule has 0 spiro atoms. The maximum absolute atomic E-state index is 12.5. The number of imidazole rings is 1. The van der Waals surface area contributed by atoms with E-state index >= 15 is 0 Å². The van der Waals surface area contributed by atoms with Crippen LogP contribution in [0.2, 0.25) is 0 Å². The number of benzene rings is 1. The first kappa shape index (κ1) is 18.4. The van der Waals surface area contributed by atoms with E-state index in [1.165, 1.54) is 6.26 Å². The molecule has 2 heterocycles. The van der Waals surface area contributed by atoms with Crippen LogP contribution in [0.1, 0.15) is 42.7 Å². The van der Waals surface area contributed by atoms with Crippen LogP contribution in [0, 0.1) is 0 Å². The number of carbonyl (C=O) groups is 2. The van der Waals surface area contributed by atoms with Crippen molar-refractivity contribution < 1.29 is 14.0 Å². The van der Waals surface area contributed by atoms with Gasteiger partial charge in [0, 0.05) is 0 Å². The first-order chi connectivity index (χ1) is 13.1. The van der Waals surface area contributed by atoms with E-state index in [-0.39, 0.29) is 17.7 Å². The number of amides is 2. The van der Waals surface area contributed by atoms with Gasteiger partial charge in [0.05, 0.1) is 24.2 Å². The lowest BCUT2D eigenvalue weighted by Crippen LogP contribution is -2.45. The molecule has 1 aromatic carbocycles. The quantitative estimate of drug-likeness (QED) is 0.598. The first-order valence-electron chi connectivity index (χ1n) is 8.83. The number of hydrogen-bond acceptors (Lipinski definition) is 4. The summed E-state index contributed by atoms with van der Waals surface area (Å²) in [5, 5.41) is 5.54. The van der Waals surface area contributed by atoms with Crippen LogP contribution in [0.25, 0.3) is 11.3 Å². The maximum Gasteiger partial charge on any atom is 0.287 e. The number of furan rings is 1. The molecule has 0 radical (unpaired) electrons. The largest absolute Gasteiger partial charge is 0.459 e. The number of rotatable bonds is 7. The molecule has 0 fully saturated rings. The highest BCUT2D eigenvalue weighted by atomic mass is 16.3. The van der Waals surface area contributed by atoms with Crippen LogP contribution < -0.4 is 10.6 Å². The smallest absolute Gasteiger partial charge is 0.287 e. The average molecular weight is 366 g/mol. The van der Waals surface area contributed by atoms with E-state index in [0.717, 1.165) is 11.3 Å². The van der Waals surface area contributed by atoms with Gasteiger partial charge in [0.2, 0.25) is 5.91 Å². The van der Waals surface area contributed by atoms with Gasteiger partial charge in [-0.3, -0.25) is 9.59 Å². The normalized spacial score (nSPS) is 13.0. The summed E-state index contributed by atoms with van der Waals surface area (Å²) in [7, 11) is 0. The second-order valence-electron chi connectivity index (χ2n) is 6.19. The first-order valence-corrected chi connectivity index (χ1v) is 8.83. The van der Waals surface area contributed by atoms with Gasteiger partial charge in [0.15, 0.2) is 5.76 Å². The van der Waals surface area contributed by atoms with Crippen LogP contribution in [-0.2, 0) is 4.79 Å². The fraction of sp³-hybridized carbons (Fsp3) is 0.250. The van der Waals surface area contributed by atoms with Gasteiger partial charge in [-0.15, -0.1) is 0 Å². The van der Waals surface area contributed by atoms with Gasteiger partial charge in [-0.1, -0.05) is 37.3 Å². The molecule has 7 heteroatoms. The van der Waals surface area contributed by atoms with Crippen molar-refractivity contribution in [3.63, 3.8) is 0 Å². The minimum Gasteiger partial charge on any atom is -0.459 e. The minimum atomic E-state index is -0.708. The van der Waals surface area contributed by atoms with Gasteiger partial charge in [-0.05, 0) is 31.0 Å². The van der Waals surface area contributed by atoms with E-state index < -0.39 is 11.9 Å². The molecule has 2 aromatic heterocycles. The fourth-order valence-electron chi connectivity index (χ4n) is 2.68. The third-order valence-electron chi connectivity index (χ3n) is 4.22. The van der Waals surface area contributed by atoms with Crippen LogP contribution in [0.4, 0.5) is 0 Å². The molecule has 0 aliphatic carbocycles. The number of hydrogen-bond donors (Lipinski definition) is 3. The van der Waals surface area contributed by atoms with Crippen LogP contribution in [0.15, 0.2) is 59.3 Å². The number of H-pyrrole nitrogens is 1. The molecule has 0 unspecified atom stereocenters. The van der Waals surface area contributed by atoms with Crippen molar-refractivity contribution in [2.24, 2.45) is 0 Å². The van der Waals surface area contributed by atoms with Crippen molar-refractivity contribution in [2.75, 3.05) is 0 Å². The highest BCUT2D eigenvalue weighted by Crippen LogP contribution is 2.20. The number of nitrogens with one attached hydrogen (secondary N) is 3. The highest BCUT2D eigenvalue weighted by Gasteiger charge is 2.22. The molecule has 3 aromatic rings. The molecular formula is C20H22N4O3. The Bertz CT molecular complexity index is 887. The van der Waals surface area contributed by atoms with Crippen LogP contribution in [0.3, 0.4) is 0 Å². The van der Waals surface area contributed by atoms with Gasteiger partial charge in [-0.25, -0.2) is 4.98 Å². The Morgan fingerprint density at radius 3 is 2.59 bits per heavy atom. The van der Waals surface area contributed by atoms with Gasteiger partial charge in [-0.2, -0.15) is 0 Å². The summed E-state index contributed by atoms with van der Waals surface area (Å²) in [5.41, 5.74) is 1.91. The molecule has 3 N–H and O–H groups in total. The Morgan fingerprint density at radius 1 is 1.15 bits per heavy atom. The molecule has 7 nitrogen and oxygen atoms in total. The number of nitrogens with zero attached hydrogens (tertiary/aromatic N) is 1. The molecule has 0 aliphatic rings. The van der Waals surface area contributed by atoms with Crippen molar-refractivity contribution >= 4 is 11.8 Å². The summed E-state index contributed by atoms with van der Waals surface area (Å²) in [5.74, 6) is 0.119. The summed E-state index contributed by atoms with van der Waals surface area (Å²) in [6, 6.07) is 12.0. The zero-order valence-corrected chi connectivity index (χ0v) is 15.2. The Hall–Kier alpha value is -3.35. The molecule has 2 amide bonds. The van der Waals surface area contributed by atoms with Gasteiger partial charge < -0.3 is 20.0 Å². The Balaban J connectivity index is 1.63. The molecule has 27 heavy (non-hydrogen) atoms. The van der Waals surface area contributed by atoms with E-state index in [4.69, 9.17) is 4.42 Å². The standard InChI is InChI=1S/C20H22N4O3/c1-3-15(18-21-12-16(23-18)14-8-5-4-6-9-14)24-19(25)13(2)22-20(26)17-10-7-11-27-17/h4-13,15H,3H2,1-2H3,(H,21,23)(H,22,26)(H,24,25)/t13-,15+/m0/s1. The summed E-state index contributed by atoms with van der Waals surface area (Å²) in [6.45, 7) is 3.59. The second-order valence-corrected chi connectivity index (χ2v) is 6.19. The van der Waals surface area contributed by atoms with Gasteiger partial charge in [0.1, 0.15) is 11.9 Å². The summed E-state index contributed by atoms with van der Waals surface area (Å²) in [4.78, 5) is 32.1. The third kappa shape index (κ3) is 4.44. The van der Waals surface area contributed by atoms with Crippen molar-refractivity contribution in [1.82, 2.24) is 20.6 Å². The predicted octanol–water partition coefficient (Wildman–Crippen LogP) is 3.06. The molecular weight excluding hydrogens is 344 g/mol. The zero-order valence-electron chi connectivity index (χ0n) is 15.2. The molecule has 0 aliphatic heterocycles. The summed E-state index contributed by atoms with van der Waals surface area (Å²) in [6.07, 6.45) is 3.82. The van der Waals surface area contributed by atoms with E-state index in [2.05, 4.69) is 20.6 Å². The van der Waals surface area contributed by atoms with Gasteiger partial charge >= 0.3 is 0 Å². The van der Waals surface area contributed by atoms with Gasteiger partial charge in [0.25, 0.3) is 5.91 Å². The van der Waals surface area contributed by atoms with Crippen molar-refractivity contribution in [2.45, 2.75) is 32.4 Å². The van der Waals surface area contributed by atoms with E-state index in [1.807, 2.05) is 37.3 Å². The third-order valence-corrected chi connectivity index (χ3v) is 4.22. The molecule has 0 saturated carbocycles. The monoisotopic (exact) mass is 366 g/mol. The second kappa shape index (κ2) is 8.35. The lowest BCUT2D eigenvalue weighted by atomic mass is 10.1. The summed E-state index contributed by atoms with van der Waals surface area (Å²) < 4.78 is 5.03. The zero-order chi connectivity index (χ0) is 19.2. The fourth-order valence-corrected chi connectivity index (χ4v) is 2.68. The lowest BCUT2D eigenvalue weighted by molar-refractivity contribution is -0.123. The Kier molecular flexibility index (Phi) is 5.71. The molecule has 140 valence electrons. The van der Waals surface area contributed by atoms with Crippen LogP contribution >= 0.6 is 0 Å². The van der Waals surface area contributed by atoms with E-state index in [1.54, 1.807) is 25.3 Å². The summed E-state index contributed by atoms with van der Waals surface area (Å²) >= 11 is 0. The Morgan fingerprint density at radius 2 is 1.93 bits per heavy atom. The molecule has 3 rings (SSSR count). The van der Waals surface area contributed by atoms with Crippen molar-refractivity contribution in [3.05, 3.63) is 66.5 Å². The maximum atomic E-state index is 12.5. The van der Waals surface area contributed by atoms with Crippen molar-refractivity contribution in [3.8, 4) is 11.3 Å². The number of carbonyl (C=O) groups excluding carboxylic acids is 2. The highest BCUT2D eigenvalue weighted by molar-refractivity contribution is 5.95. The molecule has 2 atom stereocenters. The van der Waals surface area contributed by atoms with E-state index in [0.29, 0.717) is 12.2 Å². The van der Waals surface area contributed by atoms with E-state index in [9.17, 15) is 9.59 Å². The minimum absolute atomic E-state index is 0.167. The van der Waals surface area contributed by atoms with Crippen molar-refractivity contribution in [1.29, 1.82) is 0 Å². The SMILES string of the molecule is CC[C@@H](NC(=O)[C@H](C)NC(=O)c1ccco1)c1ncc(-c2ccccc2)[nH]1. The van der Waals surface area contributed by atoms with Crippen LogP contribution in [0.5, 0.6) is 0 Å². The number of aromatic amines is 1. The number of aromatic nitrogens is 2. The lowest BCUT2D eigenvalue weighted by Gasteiger charge is -2.19. The Labute approximate surface area is 157 Å². The predicted molar refractivity (Wildman–Crippen MR) is 101 cm³/mol. The average Bonchev–Trinajstić information content (AvgIpc) is 3.38. The molecule has 0 bridgehead atoms. The topological polar surface area (TPSA) is 100 Å².